The van der Waals surface area contributed by atoms with Crippen molar-refractivity contribution in [2.45, 2.75) is 13.0 Å². The van der Waals surface area contributed by atoms with Crippen LogP contribution < -0.4 is 5.73 Å². The SMILES string of the molecule is CC(N)c1cc(F)ccc1Br. The standard InChI is InChI=1S/C8H9BrFN/c1-5(11)7-4-6(10)2-3-8(7)9/h2-5H,11H2,1H3. The predicted octanol–water partition coefficient (Wildman–Crippen LogP) is 2.61. The van der Waals surface area contributed by atoms with Crippen LogP contribution in [0.3, 0.4) is 0 Å². The van der Waals surface area contributed by atoms with E-state index in [1.54, 1.807) is 6.07 Å². The number of hydrogen-bond acceptors (Lipinski definition) is 1. The van der Waals surface area contributed by atoms with E-state index >= 15 is 0 Å². The Morgan fingerprint density at radius 3 is 2.64 bits per heavy atom. The Morgan fingerprint density at radius 1 is 1.55 bits per heavy atom. The molecule has 0 spiro atoms. The molecule has 1 atom stereocenters. The van der Waals surface area contributed by atoms with Crippen LogP contribution in [0, 0.1) is 5.82 Å². The van der Waals surface area contributed by atoms with Gasteiger partial charge in [-0.15, -0.1) is 0 Å². The molecule has 60 valence electrons. The van der Waals surface area contributed by atoms with E-state index in [1.165, 1.54) is 12.1 Å². The summed E-state index contributed by atoms with van der Waals surface area (Å²) in [5.41, 5.74) is 6.38. The molecule has 1 aromatic rings. The second-order valence-corrected chi connectivity index (χ2v) is 3.31. The van der Waals surface area contributed by atoms with Gasteiger partial charge >= 0.3 is 0 Å². The largest absolute Gasteiger partial charge is 0.324 e. The summed E-state index contributed by atoms with van der Waals surface area (Å²) in [6.45, 7) is 1.82. The monoisotopic (exact) mass is 217 g/mol. The topological polar surface area (TPSA) is 26.0 Å². The van der Waals surface area contributed by atoms with Crippen molar-refractivity contribution in [1.82, 2.24) is 0 Å². The molecule has 1 rings (SSSR count). The smallest absolute Gasteiger partial charge is 0.123 e. The molecule has 0 aliphatic heterocycles. The summed E-state index contributed by atoms with van der Waals surface area (Å²) in [5.74, 6) is -0.250. The maximum absolute atomic E-state index is 12.6. The highest BCUT2D eigenvalue weighted by Crippen LogP contribution is 2.22. The highest BCUT2D eigenvalue weighted by Gasteiger charge is 2.04. The second-order valence-electron chi connectivity index (χ2n) is 2.45. The molecule has 1 unspecified atom stereocenters. The molecule has 0 fully saturated rings. The molecular weight excluding hydrogens is 209 g/mol. The number of nitrogens with two attached hydrogens (primary N) is 1. The van der Waals surface area contributed by atoms with Crippen LogP contribution in [-0.4, -0.2) is 0 Å². The van der Waals surface area contributed by atoms with E-state index in [1.807, 2.05) is 6.92 Å². The van der Waals surface area contributed by atoms with Gasteiger partial charge in [0.2, 0.25) is 0 Å². The van der Waals surface area contributed by atoms with E-state index in [-0.39, 0.29) is 11.9 Å². The van der Waals surface area contributed by atoms with Gasteiger partial charge in [-0.2, -0.15) is 0 Å². The molecule has 0 radical (unpaired) electrons. The minimum absolute atomic E-state index is 0.139. The summed E-state index contributed by atoms with van der Waals surface area (Å²) in [4.78, 5) is 0. The maximum atomic E-state index is 12.6. The Morgan fingerprint density at radius 2 is 2.18 bits per heavy atom. The minimum atomic E-state index is -0.250. The molecule has 0 aliphatic rings. The van der Waals surface area contributed by atoms with E-state index in [9.17, 15) is 4.39 Å². The van der Waals surface area contributed by atoms with E-state index < -0.39 is 0 Å². The number of benzene rings is 1. The summed E-state index contributed by atoms with van der Waals surface area (Å²) in [6.07, 6.45) is 0. The molecule has 1 aromatic carbocycles. The second kappa shape index (κ2) is 3.32. The molecule has 0 aromatic heterocycles. The molecule has 2 N–H and O–H groups in total. The average Bonchev–Trinajstić information content (AvgIpc) is 1.94. The van der Waals surface area contributed by atoms with Crippen molar-refractivity contribution >= 4 is 15.9 Å². The lowest BCUT2D eigenvalue weighted by atomic mass is 10.1. The van der Waals surface area contributed by atoms with Gasteiger partial charge in [-0.3, -0.25) is 0 Å². The molecule has 0 saturated heterocycles. The van der Waals surface area contributed by atoms with Gasteiger partial charge in [-0.25, -0.2) is 4.39 Å². The summed E-state index contributed by atoms with van der Waals surface area (Å²) in [7, 11) is 0. The molecular formula is C8H9BrFN. The summed E-state index contributed by atoms with van der Waals surface area (Å²) >= 11 is 3.28. The quantitative estimate of drug-likeness (QED) is 0.770. The first kappa shape index (κ1) is 8.68. The van der Waals surface area contributed by atoms with E-state index in [4.69, 9.17) is 5.73 Å². The molecule has 0 heterocycles. The van der Waals surface area contributed by atoms with Crippen LogP contribution in [0.5, 0.6) is 0 Å². The molecule has 1 nitrogen and oxygen atoms in total. The van der Waals surface area contributed by atoms with Gasteiger partial charge in [-0.1, -0.05) is 15.9 Å². The van der Waals surface area contributed by atoms with Gasteiger partial charge in [0.05, 0.1) is 0 Å². The van der Waals surface area contributed by atoms with Gasteiger partial charge in [0, 0.05) is 10.5 Å². The summed E-state index contributed by atoms with van der Waals surface area (Å²) < 4.78 is 13.5. The first-order valence-electron chi connectivity index (χ1n) is 3.32. The van der Waals surface area contributed by atoms with Gasteiger partial charge in [-0.05, 0) is 30.7 Å². The van der Waals surface area contributed by atoms with Gasteiger partial charge in [0.25, 0.3) is 0 Å². The lowest BCUT2D eigenvalue weighted by Crippen LogP contribution is -2.05. The highest BCUT2D eigenvalue weighted by molar-refractivity contribution is 9.10. The third kappa shape index (κ3) is 2.01. The lowest BCUT2D eigenvalue weighted by molar-refractivity contribution is 0.621. The van der Waals surface area contributed by atoms with Gasteiger partial charge in [0.15, 0.2) is 0 Å². The summed E-state index contributed by atoms with van der Waals surface area (Å²) in [6, 6.07) is 4.36. The third-order valence-corrected chi connectivity index (χ3v) is 2.17. The zero-order valence-corrected chi connectivity index (χ0v) is 7.73. The van der Waals surface area contributed by atoms with E-state index in [0.29, 0.717) is 0 Å². The molecule has 0 amide bonds. The fraction of sp³-hybridized carbons (Fsp3) is 0.250. The first-order valence-corrected chi connectivity index (χ1v) is 4.11. The zero-order valence-electron chi connectivity index (χ0n) is 6.14. The fourth-order valence-corrected chi connectivity index (χ4v) is 1.47. The van der Waals surface area contributed by atoms with Crippen LogP contribution in [-0.2, 0) is 0 Å². The normalized spacial score (nSPS) is 13.1. The van der Waals surface area contributed by atoms with Crippen molar-refractivity contribution < 1.29 is 4.39 Å². The van der Waals surface area contributed by atoms with Crippen LogP contribution in [0.1, 0.15) is 18.5 Å². The van der Waals surface area contributed by atoms with Crippen molar-refractivity contribution in [1.29, 1.82) is 0 Å². The van der Waals surface area contributed by atoms with Crippen LogP contribution in [0.25, 0.3) is 0 Å². The third-order valence-electron chi connectivity index (χ3n) is 1.45. The Balaban J connectivity index is 3.13. The highest BCUT2D eigenvalue weighted by atomic mass is 79.9. The van der Waals surface area contributed by atoms with E-state index in [2.05, 4.69) is 15.9 Å². The number of hydrogen-bond donors (Lipinski definition) is 1. The Kier molecular flexibility index (Phi) is 2.62. The molecule has 0 saturated carbocycles. The molecule has 11 heavy (non-hydrogen) atoms. The fourth-order valence-electron chi connectivity index (χ4n) is 0.864. The predicted molar refractivity (Wildman–Crippen MR) is 46.7 cm³/mol. The molecule has 3 heteroatoms. The maximum Gasteiger partial charge on any atom is 0.123 e. The van der Waals surface area contributed by atoms with Crippen LogP contribution in [0.2, 0.25) is 0 Å². The first-order chi connectivity index (χ1) is 5.11. The Labute approximate surface area is 73.5 Å². The number of halogens is 2. The number of rotatable bonds is 1. The Hall–Kier alpha value is -0.410. The van der Waals surface area contributed by atoms with Gasteiger partial charge in [0.1, 0.15) is 5.82 Å². The summed E-state index contributed by atoms with van der Waals surface area (Å²) in [5, 5.41) is 0. The Bertz CT molecular complexity index is 260. The van der Waals surface area contributed by atoms with E-state index in [0.717, 1.165) is 10.0 Å². The van der Waals surface area contributed by atoms with Crippen LogP contribution in [0.4, 0.5) is 4.39 Å². The van der Waals surface area contributed by atoms with Crippen LogP contribution >= 0.6 is 15.9 Å². The lowest BCUT2D eigenvalue weighted by Gasteiger charge is -2.07. The van der Waals surface area contributed by atoms with Crippen molar-refractivity contribution in [3.05, 3.63) is 34.1 Å². The molecule has 0 bridgehead atoms. The zero-order chi connectivity index (χ0) is 8.43. The van der Waals surface area contributed by atoms with Gasteiger partial charge < -0.3 is 5.73 Å². The molecule has 0 aliphatic carbocycles. The van der Waals surface area contributed by atoms with Crippen molar-refractivity contribution in [3.8, 4) is 0 Å². The minimum Gasteiger partial charge on any atom is -0.324 e. The van der Waals surface area contributed by atoms with Crippen molar-refractivity contribution in [2.75, 3.05) is 0 Å². The van der Waals surface area contributed by atoms with Crippen molar-refractivity contribution in [3.63, 3.8) is 0 Å². The van der Waals surface area contributed by atoms with Crippen LogP contribution in [0.15, 0.2) is 22.7 Å². The van der Waals surface area contributed by atoms with Crippen molar-refractivity contribution in [2.24, 2.45) is 5.73 Å². The average molecular weight is 218 g/mol.